The van der Waals surface area contributed by atoms with Crippen LogP contribution in [0.4, 0.5) is 0 Å². The van der Waals surface area contributed by atoms with Crippen LogP contribution in [0.15, 0.2) is 218 Å². The summed E-state index contributed by atoms with van der Waals surface area (Å²) in [5.74, 6) is 1.69. The average Bonchev–Trinajstić information content (AvgIpc) is 3.32. The van der Waals surface area contributed by atoms with E-state index in [9.17, 15) is 0 Å². The number of hydrogen-bond donors (Lipinski definition) is 0. The highest BCUT2D eigenvalue weighted by atomic mass is 16.5. The molecule has 0 aromatic heterocycles. The Kier molecular flexibility index (Phi) is 10.2. The first-order valence-corrected chi connectivity index (χ1v) is 19.7. The van der Waals surface area contributed by atoms with Gasteiger partial charge >= 0.3 is 0 Å². The molecular weight excluding hydrogens is 705 g/mol. The van der Waals surface area contributed by atoms with Crippen LogP contribution in [0.1, 0.15) is 0 Å². The monoisotopic (exact) mass is 746 g/mol. The normalized spacial score (nSPS) is 10.9. The lowest BCUT2D eigenvalue weighted by molar-refractivity contribution is 0.415. The standard InChI is InChI=1S/C56H42O2/c1-57-49-35-31-41(32-36-49)39-23-27-47(28-24-39)55-51(43-15-7-3-8-16-43)53(45-19-11-5-12-20-45)56(48-29-25-40(26-30-48)42-33-37-50(58-2)38-34-42)54(46-21-13-6-14-22-46)52(55)44-17-9-4-10-18-44/h3-38H,1-2H3. The zero-order chi connectivity index (χ0) is 39.3. The van der Waals surface area contributed by atoms with Crippen LogP contribution in [0.2, 0.25) is 0 Å². The minimum absolute atomic E-state index is 0.845. The Morgan fingerprint density at radius 2 is 0.362 bits per heavy atom. The molecule has 58 heavy (non-hydrogen) atoms. The molecule has 0 heterocycles. The van der Waals surface area contributed by atoms with E-state index in [-0.39, 0.29) is 0 Å². The van der Waals surface area contributed by atoms with Gasteiger partial charge in [-0.1, -0.05) is 194 Å². The fourth-order valence-electron chi connectivity index (χ4n) is 8.13. The molecule has 9 aromatic carbocycles. The van der Waals surface area contributed by atoms with Crippen LogP contribution < -0.4 is 9.47 Å². The molecule has 0 N–H and O–H groups in total. The highest BCUT2D eigenvalue weighted by Gasteiger charge is 2.29. The maximum Gasteiger partial charge on any atom is 0.118 e. The van der Waals surface area contributed by atoms with Crippen LogP contribution in [-0.4, -0.2) is 14.2 Å². The number of ether oxygens (including phenoxy) is 2. The number of rotatable bonds is 10. The Labute approximate surface area is 341 Å². The number of hydrogen-bond acceptors (Lipinski definition) is 2. The van der Waals surface area contributed by atoms with E-state index in [4.69, 9.17) is 9.47 Å². The summed E-state index contributed by atoms with van der Waals surface area (Å²) in [5, 5.41) is 0. The lowest BCUT2D eigenvalue weighted by Gasteiger charge is -2.29. The Bertz CT molecular complexity index is 2460. The van der Waals surface area contributed by atoms with Gasteiger partial charge in [0.25, 0.3) is 0 Å². The first-order valence-electron chi connectivity index (χ1n) is 19.7. The van der Waals surface area contributed by atoms with Crippen molar-refractivity contribution in [3.63, 3.8) is 0 Å². The average molecular weight is 747 g/mol. The van der Waals surface area contributed by atoms with Gasteiger partial charge in [-0.15, -0.1) is 0 Å². The van der Waals surface area contributed by atoms with Crippen molar-refractivity contribution in [3.05, 3.63) is 218 Å². The van der Waals surface area contributed by atoms with Gasteiger partial charge in [-0.25, -0.2) is 0 Å². The van der Waals surface area contributed by atoms with Crippen molar-refractivity contribution in [2.45, 2.75) is 0 Å². The van der Waals surface area contributed by atoms with Crippen molar-refractivity contribution < 1.29 is 9.47 Å². The highest BCUT2D eigenvalue weighted by Crippen LogP contribution is 2.56. The summed E-state index contributed by atoms with van der Waals surface area (Å²) in [6, 6.07) is 78.4. The van der Waals surface area contributed by atoms with Crippen LogP contribution in [0.3, 0.4) is 0 Å². The molecule has 0 unspecified atom stereocenters. The van der Waals surface area contributed by atoms with Crippen molar-refractivity contribution in [3.8, 4) is 101 Å². The van der Waals surface area contributed by atoms with Crippen molar-refractivity contribution in [1.29, 1.82) is 0 Å². The molecule has 0 saturated carbocycles. The summed E-state index contributed by atoms with van der Waals surface area (Å²) in [4.78, 5) is 0. The summed E-state index contributed by atoms with van der Waals surface area (Å²) in [7, 11) is 3.41. The van der Waals surface area contributed by atoms with E-state index < -0.39 is 0 Å². The summed E-state index contributed by atoms with van der Waals surface area (Å²) < 4.78 is 10.9. The predicted molar refractivity (Wildman–Crippen MR) is 243 cm³/mol. The van der Waals surface area contributed by atoms with Gasteiger partial charge in [0, 0.05) is 0 Å². The van der Waals surface area contributed by atoms with Gasteiger partial charge in [-0.05, 0) is 113 Å². The lowest BCUT2D eigenvalue weighted by atomic mass is 9.74. The van der Waals surface area contributed by atoms with Gasteiger partial charge in [-0.3, -0.25) is 0 Å². The second-order valence-corrected chi connectivity index (χ2v) is 14.3. The minimum atomic E-state index is 0.845. The van der Waals surface area contributed by atoms with Crippen molar-refractivity contribution in [1.82, 2.24) is 0 Å². The van der Waals surface area contributed by atoms with E-state index in [2.05, 4.69) is 194 Å². The second-order valence-electron chi connectivity index (χ2n) is 14.3. The smallest absolute Gasteiger partial charge is 0.118 e. The van der Waals surface area contributed by atoms with Crippen molar-refractivity contribution in [2.24, 2.45) is 0 Å². The van der Waals surface area contributed by atoms with Gasteiger partial charge in [-0.2, -0.15) is 0 Å². The Balaban J connectivity index is 1.41. The van der Waals surface area contributed by atoms with E-state index in [1.807, 2.05) is 24.3 Å². The zero-order valence-electron chi connectivity index (χ0n) is 32.6. The molecule has 0 atom stereocenters. The van der Waals surface area contributed by atoms with Crippen LogP contribution in [0, 0.1) is 0 Å². The topological polar surface area (TPSA) is 18.5 Å². The SMILES string of the molecule is COc1ccc(-c2ccc(-c3c(-c4ccccc4)c(-c4ccccc4)c(-c4ccc(-c5ccc(OC)cc5)cc4)c(-c4ccccc4)c3-c3ccccc3)cc2)cc1. The molecule has 0 aliphatic carbocycles. The largest absolute Gasteiger partial charge is 0.497 e. The van der Waals surface area contributed by atoms with E-state index in [1.165, 1.54) is 33.4 Å². The molecule has 0 saturated heterocycles. The molecular formula is C56H42O2. The van der Waals surface area contributed by atoms with Crippen molar-refractivity contribution >= 4 is 0 Å². The first kappa shape index (κ1) is 36.2. The molecule has 0 fully saturated rings. The third kappa shape index (κ3) is 7.09. The number of methoxy groups -OCH3 is 2. The zero-order valence-corrected chi connectivity index (χ0v) is 32.6. The maximum absolute atomic E-state index is 5.46. The van der Waals surface area contributed by atoms with Crippen LogP contribution >= 0.6 is 0 Å². The Morgan fingerprint density at radius 1 is 0.190 bits per heavy atom. The molecule has 0 spiro atoms. The van der Waals surface area contributed by atoms with Gasteiger partial charge in [0.2, 0.25) is 0 Å². The van der Waals surface area contributed by atoms with E-state index in [0.29, 0.717) is 0 Å². The molecule has 0 aliphatic rings. The van der Waals surface area contributed by atoms with E-state index >= 15 is 0 Å². The summed E-state index contributed by atoms with van der Waals surface area (Å²) in [6.45, 7) is 0. The molecule has 2 heteroatoms. The van der Waals surface area contributed by atoms with Crippen LogP contribution in [-0.2, 0) is 0 Å². The van der Waals surface area contributed by atoms with Gasteiger partial charge in [0.15, 0.2) is 0 Å². The fourth-order valence-corrected chi connectivity index (χ4v) is 8.13. The molecule has 278 valence electrons. The van der Waals surface area contributed by atoms with Crippen LogP contribution in [0.25, 0.3) is 89.0 Å². The van der Waals surface area contributed by atoms with Gasteiger partial charge < -0.3 is 9.47 Å². The summed E-state index contributed by atoms with van der Waals surface area (Å²) >= 11 is 0. The third-order valence-electron chi connectivity index (χ3n) is 10.9. The Morgan fingerprint density at radius 3 is 0.569 bits per heavy atom. The molecule has 2 nitrogen and oxygen atoms in total. The quantitative estimate of drug-likeness (QED) is 0.139. The maximum atomic E-state index is 5.46. The van der Waals surface area contributed by atoms with Crippen LogP contribution in [0.5, 0.6) is 11.5 Å². The summed E-state index contributed by atoms with van der Waals surface area (Å²) in [6.07, 6.45) is 0. The van der Waals surface area contributed by atoms with Gasteiger partial charge in [0.1, 0.15) is 11.5 Å². The molecule has 9 aromatic rings. The third-order valence-corrected chi connectivity index (χ3v) is 10.9. The van der Waals surface area contributed by atoms with E-state index in [1.54, 1.807) is 14.2 Å². The molecule has 9 rings (SSSR count). The first-order chi connectivity index (χ1) is 28.7. The predicted octanol–water partition coefficient (Wildman–Crippen LogP) is 15.0. The minimum Gasteiger partial charge on any atom is -0.497 e. The van der Waals surface area contributed by atoms with E-state index in [0.717, 1.165) is 67.1 Å². The Hall–Kier alpha value is -7.42. The van der Waals surface area contributed by atoms with Crippen molar-refractivity contribution in [2.75, 3.05) is 14.2 Å². The number of benzene rings is 9. The fraction of sp³-hybridized carbons (Fsp3) is 0.0357. The highest BCUT2D eigenvalue weighted by molar-refractivity contribution is 6.15. The summed E-state index contributed by atoms with van der Waals surface area (Å²) in [5.41, 5.74) is 18.6. The lowest BCUT2D eigenvalue weighted by Crippen LogP contribution is -2.02. The molecule has 0 aliphatic heterocycles. The van der Waals surface area contributed by atoms with Gasteiger partial charge in [0.05, 0.1) is 14.2 Å². The molecule has 0 amide bonds. The molecule has 0 radical (unpaired) electrons. The molecule has 0 bridgehead atoms. The second kappa shape index (κ2) is 16.4.